The summed E-state index contributed by atoms with van der Waals surface area (Å²) in [5, 5.41) is 3.52. The van der Waals surface area contributed by atoms with Crippen LogP contribution in [0.15, 0.2) is 33.6 Å². The lowest BCUT2D eigenvalue weighted by Gasteiger charge is -2.17. The average molecular weight is 318 g/mol. The smallest absolute Gasteiger partial charge is 0.0558 e. The van der Waals surface area contributed by atoms with Crippen LogP contribution < -0.4 is 5.32 Å². The number of benzene rings is 1. The van der Waals surface area contributed by atoms with E-state index in [0.717, 1.165) is 22.3 Å². The van der Waals surface area contributed by atoms with Crippen LogP contribution in [0.2, 0.25) is 0 Å². The van der Waals surface area contributed by atoms with Gasteiger partial charge in [-0.1, -0.05) is 29.8 Å². The molecule has 96 valence electrons. The third-order valence-electron chi connectivity index (χ3n) is 2.65. The number of rotatable bonds is 6. The van der Waals surface area contributed by atoms with Crippen molar-refractivity contribution >= 4 is 26.7 Å². The maximum Gasteiger partial charge on any atom is 0.0558 e. The topological polar surface area (TPSA) is 29.1 Å². The zero-order chi connectivity index (χ0) is 12.8. The molecule has 0 aromatic heterocycles. The van der Waals surface area contributed by atoms with E-state index in [4.69, 9.17) is 0 Å². The van der Waals surface area contributed by atoms with E-state index in [2.05, 4.69) is 35.1 Å². The number of hydrogen-bond donors (Lipinski definition) is 1. The molecule has 1 rings (SSSR count). The van der Waals surface area contributed by atoms with Crippen molar-refractivity contribution in [2.45, 2.75) is 43.4 Å². The fraction of sp³-hybridized carbons (Fsp3) is 0.538. The summed E-state index contributed by atoms with van der Waals surface area (Å²) in [5.41, 5.74) is 0. The van der Waals surface area contributed by atoms with Crippen LogP contribution in [0.1, 0.15) is 27.2 Å². The molecule has 4 heteroatoms. The van der Waals surface area contributed by atoms with Gasteiger partial charge in [0.25, 0.3) is 0 Å². The van der Waals surface area contributed by atoms with Gasteiger partial charge in [-0.2, -0.15) is 0 Å². The van der Waals surface area contributed by atoms with Crippen LogP contribution in [0.3, 0.4) is 0 Å². The van der Waals surface area contributed by atoms with Gasteiger partial charge in [0.1, 0.15) is 0 Å². The highest BCUT2D eigenvalue weighted by Gasteiger charge is 2.15. The van der Waals surface area contributed by atoms with Gasteiger partial charge < -0.3 is 5.32 Å². The van der Waals surface area contributed by atoms with Crippen molar-refractivity contribution in [3.63, 3.8) is 0 Å². The van der Waals surface area contributed by atoms with E-state index in [1.165, 1.54) is 0 Å². The lowest BCUT2D eigenvalue weighted by Crippen LogP contribution is -2.30. The van der Waals surface area contributed by atoms with Crippen LogP contribution in [-0.2, 0) is 10.8 Å². The third kappa shape index (κ3) is 4.90. The minimum Gasteiger partial charge on any atom is -0.314 e. The first-order valence-electron chi connectivity index (χ1n) is 5.94. The van der Waals surface area contributed by atoms with Gasteiger partial charge >= 0.3 is 0 Å². The van der Waals surface area contributed by atoms with Crippen LogP contribution >= 0.6 is 15.9 Å². The van der Waals surface area contributed by atoms with Crippen LogP contribution in [0.25, 0.3) is 0 Å². The monoisotopic (exact) mass is 317 g/mol. The standard InChI is InChI=1S/C13H20BrNOS/c1-4-15-10(2)9-11(3)17(16)13-7-5-12(14)6-8-13/h5-8,10-11,15H,4,9H2,1-3H3. The summed E-state index contributed by atoms with van der Waals surface area (Å²) >= 11 is 3.38. The van der Waals surface area contributed by atoms with E-state index in [1.54, 1.807) is 0 Å². The molecule has 0 amide bonds. The summed E-state index contributed by atoms with van der Waals surface area (Å²) < 4.78 is 13.3. The Bertz CT molecular complexity index is 366. The van der Waals surface area contributed by atoms with Crippen molar-refractivity contribution in [1.82, 2.24) is 5.32 Å². The van der Waals surface area contributed by atoms with Crippen LogP contribution in [-0.4, -0.2) is 22.0 Å². The van der Waals surface area contributed by atoms with Gasteiger partial charge in [-0.05, 0) is 44.2 Å². The fourth-order valence-corrected chi connectivity index (χ4v) is 3.41. The Balaban J connectivity index is 2.60. The predicted molar refractivity (Wildman–Crippen MR) is 77.8 cm³/mol. The average Bonchev–Trinajstić information content (AvgIpc) is 2.29. The Morgan fingerprint density at radius 2 is 1.88 bits per heavy atom. The van der Waals surface area contributed by atoms with Crippen molar-refractivity contribution in [2.75, 3.05) is 6.54 Å². The maximum absolute atomic E-state index is 12.3. The highest BCUT2D eigenvalue weighted by atomic mass is 79.9. The molecular formula is C13H20BrNOS. The lowest BCUT2D eigenvalue weighted by molar-refractivity contribution is 0.524. The normalized spacial score (nSPS) is 16.5. The predicted octanol–water partition coefficient (Wildman–Crippen LogP) is 3.33. The van der Waals surface area contributed by atoms with Gasteiger partial charge in [0.05, 0.1) is 10.8 Å². The van der Waals surface area contributed by atoms with Crippen LogP contribution in [0.4, 0.5) is 0 Å². The van der Waals surface area contributed by atoms with E-state index in [-0.39, 0.29) is 5.25 Å². The molecular weight excluding hydrogens is 298 g/mol. The second kappa shape index (κ2) is 7.29. The van der Waals surface area contributed by atoms with Gasteiger partial charge in [0.15, 0.2) is 0 Å². The van der Waals surface area contributed by atoms with Crippen LogP contribution in [0.5, 0.6) is 0 Å². The second-order valence-electron chi connectivity index (χ2n) is 4.26. The van der Waals surface area contributed by atoms with E-state index in [1.807, 2.05) is 31.2 Å². The molecule has 3 atom stereocenters. The van der Waals surface area contributed by atoms with Crippen LogP contribution in [0, 0.1) is 0 Å². The Morgan fingerprint density at radius 3 is 2.41 bits per heavy atom. The molecule has 2 nitrogen and oxygen atoms in total. The minimum absolute atomic E-state index is 0.172. The molecule has 0 aliphatic heterocycles. The van der Waals surface area contributed by atoms with Gasteiger partial charge in [0, 0.05) is 20.7 Å². The summed E-state index contributed by atoms with van der Waals surface area (Å²) in [5.74, 6) is 0. The molecule has 3 unspecified atom stereocenters. The summed E-state index contributed by atoms with van der Waals surface area (Å²) in [6, 6.07) is 8.14. The van der Waals surface area contributed by atoms with Crippen molar-refractivity contribution in [3.05, 3.63) is 28.7 Å². The van der Waals surface area contributed by atoms with Crippen molar-refractivity contribution < 1.29 is 4.21 Å². The molecule has 0 bridgehead atoms. The Morgan fingerprint density at radius 1 is 1.29 bits per heavy atom. The third-order valence-corrected chi connectivity index (χ3v) is 4.84. The molecule has 0 saturated heterocycles. The summed E-state index contributed by atoms with van der Waals surface area (Å²) in [7, 11) is -0.921. The summed E-state index contributed by atoms with van der Waals surface area (Å²) in [4.78, 5) is 0.907. The Hall–Kier alpha value is -0.190. The highest BCUT2D eigenvalue weighted by Crippen LogP contribution is 2.18. The number of nitrogens with one attached hydrogen (secondary N) is 1. The quantitative estimate of drug-likeness (QED) is 0.872. The molecule has 0 heterocycles. The van der Waals surface area contributed by atoms with E-state index < -0.39 is 10.8 Å². The number of hydrogen-bond acceptors (Lipinski definition) is 2. The van der Waals surface area contributed by atoms with Crippen molar-refractivity contribution in [2.24, 2.45) is 0 Å². The van der Waals surface area contributed by atoms with Gasteiger partial charge in [0.2, 0.25) is 0 Å². The Labute approximate surface area is 115 Å². The zero-order valence-electron chi connectivity index (χ0n) is 10.6. The first kappa shape index (κ1) is 14.9. The number of halogens is 1. The summed E-state index contributed by atoms with van der Waals surface area (Å²) in [6.07, 6.45) is 0.927. The first-order chi connectivity index (χ1) is 8.04. The molecule has 0 aliphatic carbocycles. The van der Waals surface area contributed by atoms with E-state index >= 15 is 0 Å². The molecule has 17 heavy (non-hydrogen) atoms. The molecule has 1 aromatic carbocycles. The highest BCUT2D eigenvalue weighted by molar-refractivity contribution is 9.10. The molecule has 0 spiro atoms. The fourth-order valence-electron chi connectivity index (χ4n) is 1.82. The van der Waals surface area contributed by atoms with E-state index in [0.29, 0.717) is 6.04 Å². The molecule has 0 fully saturated rings. The minimum atomic E-state index is -0.921. The second-order valence-corrected chi connectivity index (χ2v) is 7.04. The lowest BCUT2D eigenvalue weighted by atomic mass is 10.2. The summed E-state index contributed by atoms with van der Waals surface area (Å²) in [6.45, 7) is 7.23. The van der Waals surface area contributed by atoms with Gasteiger partial charge in [-0.25, -0.2) is 0 Å². The molecule has 0 aliphatic rings. The molecule has 0 radical (unpaired) electrons. The molecule has 1 N–H and O–H groups in total. The Kier molecular flexibility index (Phi) is 6.38. The SMILES string of the molecule is CCNC(C)CC(C)S(=O)c1ccc(Br)cc1. The largest absolute Gasteiger partial charge is 0.314 e. The molecule has 0 saturated carbocycles. The maximum atomic E-state index is 12.3. The first-order valence-corrected chi connectivity index (χ1v) is 7.94. The van der Waals surface area contributed by atoms with Crippen molar-refractivity contribution in [3.8, 4) is 0 Å². The van der Waals surface area contributed by atoms with E-state index in [9.17, 15) is 4.21 Å². The van der Waals surface area contributed by atoms with Gasteiger partial charge in [-0.3, -0.25) is 4.21 Å². The van der Waals surface area contributed by atoms with Gasteiger partial charge in [-0.15, -0.1) is 0 Å². The zero-order valence-corrected chi connectivity index (χ0v) is 13.0. The molecule has 1 aromatic rings. The van der Waals surface area contributed by atoms with Crippen molar-refractivity contribution in [1.29, 1.82) is 0 Å².